The Morgan fingerprint density at radius 1 is 1.28 bits per heavy atom. The first kappa shape index (κ1) is 13.2. The van der Waals surface area contributed by atoms with Gasteiger partial charge in [0.2, 0.25) is 10.0 Å². The Morgan fingerprint density at radius 2 is 2.06 bits per heavy atom. The van der Waals surface area contributed by atoms with Crippen molar-refractivity contribution in [1.82, 2.24) is 4.31 Å². The molecule has 1 heterocycles. The molecule has 0 atom stereocenters. The van der Waals surface area contributed by atoms with E-state index in [1.54, 1.807) is 0 Å². The summed E-state index contributed by atoms with van der Waals surface area (Å²) >= 11 is 0. The first-order valence-corrected chi connectivity index (χ1v) is 7.16. The number of hydrogen-bond donors (Lipinski definition) is 0. The molecule has 0 N–H and O–H groups in total. The molecule has 0 saturated carbocycles. The normalized spacial score (nSPS) is 19.0. The van der Waals surface area contributed by atoms with Crippen LogP contribution in [0.2, 0.25) is 0 Å². The van der Waals surface area contributed by atoms with Crippen molar-refractivity contribution < 1.29 is 21.9 Å². The summed E-state index contributed by atoms with van der Waals surface area (Å²) in [7, 11) is -3.14. The van der Waals surface area contributed by atoms with Gasteiger partial charge in [-0.1, -0.05) is 0 Å². The number of benzene rings is 1. The molecule has 0 aliphatic carbocycles. The number of halogens is 2. The number of sulfonamides is 1. The molecule has 4 nitrogen and oxygen atoms in total. The zero-order valence-corrected chi connectivity index (χ0v) is 10.4. The second kappa shape index (κ2) is 5.19. The first-order valence-electron chi connectivity index (χ1n) is 5.55. The summed E-state index contributed by atoms with van der Waals surface area (Å²) in [6, 6.07) is 3.21. The first-order chi connectivity index (χ1) is 8.49. The summed E-state index contributed by atoms with van der Waals surface area (Å²) in [6.07, 6.45) is 0.619. The van der Waals surface area contributed by atoms with Crippen molar-refractivity contribution in [3.05, 3.63) is 29.8 Å². The highest BCUT2D eigenvalue weighted by molar-refractivity contribution is 7.89. The maximum Gasteiger partial charge on any atom is 0.214 e. The summed E-state index contributed by atoms with van der Waals surface area (Å²) in [5, 5.41) is 0. The molecule has 0 aromatic heterocycles. The highest BCUT2D eigenvalue weighted by Crippen LogP contribution is 2.16. The van der Waals surface area contributed by atoms with Crippen LogP contribution in [-0.2, 0) is 10.0 Å². The van der Waals surface area contributed by atoms with Gasteiger partial charge < -0.3 is 4.74 Å². The third-order valence-corrected chi connectivity index (χ3v) is 4.66. The SMILES string of the molecule is O=S1(=O)CCCN1CCOc1ccc(F)c(F)c1. The maximum absolute atomic E-state index is 12.9. The lowest BCUT2D eigenvalue weighted by Crippen LogP contribution is -2.30. The zero-order valence-electron chi connectivity index (χ0n) is 9.60. The number of ether oxygens (including phenoxy) is 1. The van der Waals surface area contributed by atoms with Crippen LogP contribution in [0.5, 0.6) is 5.75 Å². The van der Waals surface area contributed by atoms with Crippen LogP contribution < -0.4 is 4.74 Å². The van der Waals surface area contributed by atoms with E-state index in [4.69, 9.17) is 4.74 Å². The van der Waals surface area contributed by atoms with E-state index >= 15 is 0 Å². The van der Waals surface area contributed by atoms with Gasteiger partial charge in [0, 0.05) is 19.2 Å². The van der Waals surface area contributed by atoms with Crippen molar-refractivity contribution in [1.29, 1.82) is 0 Å². The largest absolute Gasteiger partial charge is 0.492 e. The third kappa shape index (κ3) is 2.97. The second-order valence-electron chi connectivity index (χ2n) is 3.99. The summed E-state index contributed by atoms with van der Waals surface area (Å²) in [5.41, 5.74) is 0. The minimum absolute atomic E-state index is 0.115. The molecule has 0 unspecified atom stereocenters. The van der Waals surface area contributed by atoms with Crippen LogP contribution in [0.1, 0.15) is 6.42 Å². The molecule has 1 saturated heterocycles. The maximum atomic E-state index is 12.9. The van der Waals surface area contributed by atoms with Crippen LogP contribution in [0.3, 0.4) is 0 Å². The van der Waals surface area contributed by atoms with E-state index in [1.165, 1.54) is 10.4 Å². The van der Waals surface area contributed by atoms with Crippen molar-refractivity contribution in [2.24, 2.45) is 0 Å². The third-order valence-electron chi connectivity index (χ3n) is 2.70. The average molecular weight is 277 g/mol. The van der Waals surface area contributed by atoms with E-state index < -0.39 is 21.7 Å². The van der Waals surface area contributed by atoms with Crippen LogP contribution in [0.15, 0.2) is 18.2 Å². The fourth-order valence-electron chi connectivity index (χ4n) is 1.77. The van der Waals surface area contributed by atoms with Gasteiger partial charge in [0.25, 0.3) is 0 Å². The van der Waals surface area contributed by atoms with Crippen molar-refractivity contribution in [3.63, 3.8) is 0 Å². The minimum atomic E-state index is -3.14. The lowest BCUT2D eigenvalue weighted by Gasteiger charge is -2.14. The zero-order chi connectivity index (χ0) is 13.2. The number of hydrogen-bond acceptors (Lipinski definition) is 3. The van der Waals surface area contributed by atoms with Crippen LogP contribution in [0.25, 0.3) is 0 Å². The van der Waals surface area contributed by atoms with Gasteiger partial charge in [-0.2, -0.15) is 4.31 Å². The molecule has 1 aromatic rings. The monoisotopic (exact) mass is 277 g/mol. The lowest BCUT2D eigenvalue weighted by molar-refractivity contribution is 0.277. The molecule has 0 bridgehead atoms. The van der Waals surface area contributed by atoms with Gasteiger partial charge in [-0.15, -0.1) is 0 Å². The summed E-state index contributed by atoms with van der Waals surface area (Å²) in [5.74, 6) is -1.57. The Labute approximate surface area is 104 Å². The van der Waals surface area contributed by atoms with E-state index in [0.717, 1.165) is 12.1 Å². The predicted octanol–water partition coefficient (Wildman–Crippen LogP) is 1.38. The highest BCUT2D eigenvalue weighted by Gasteiger charge is 2.27. The quantitative estimate of drug-likeness (QED) is 0.835. The molecule has 1 aromatic carbocycles. The number of nitrogens with zero attached hydrogens (tertiary/aromatic N) is 1. The highest BCUT2D eigenvalue weighted by atomic mass is 32.2. The fourth-order valence-corrected chi connectivity index (χ4v) is 3.29. The second-order valence-corrected chi connectivity index (χ2v) is 6.08. The van der Waals surface area contributed by atoms with E-state index in [-0.39, 0.29) is 24.7 Å². The molecule has 2 rings (SSSR count). The molecule has 18 heavy (non-hydrogen) atoms. The Kier molecular flexibility index (Phi) is 3.82. The standard InChI is InChI=1S/C11H13F2NO3S/c12-10-3-2-9(8-11(10)13)17-6-5-14-4-1-7-18(14,15)16/h2-3,8H,1,4-7H2. The van der Waals surface area contributed by atoms with Gasteiger partial charge in [0.1, 0.15) is 12.4 Å². The molecule has 100 valence electrons. The average Bonchev–Trinajstić information content (AvgIpc) is 2.63. The topological polar surface area (TPSA) is 46.6 Å². The van der Waals surface area contributed by atoms with Crippen LogP contribution in [-0.4, -0.2) is 38.2 Å². The Hall–Kier alpha value is -1.21. The Balaban J connectivity index is 1.87. The van der Waals surface area contributed by atoms with Gasteiger partial charge in [-0.3, -0.25) is 0 Å². The molecular weight excluding hydrogens is 264 g/mol. The summed E-state index contributed by atoms with van der Waals surface area (Å²) in [6.45, 7) is 0.828. The molecule has 1 aliphatic rings. The molecule has 0 amide bonds. The molecule has 7 heteroatoms. The molecule has 1 fully saturated rings. The van der Waals surface area contributed by atoms with Crippen LogP contribution in [0, 0.1) is 11.6 Å². The van der Waals surface area contributed by atoms with Gasteiger partial charge in [-0.05, 0) is 18.6 Å². The molecule has 0 radical (unpaired) electrons. The van der Waals surface area contributed by atoms with Gasteiger partial charge in [0.05, 0.1) is 5.75 Å². The van der Waals surface area contributed by atoms with E-state index in [9.17, 15) is 17.2 Å². The van der Waals surface area contributed by atoms with Gasteiger partial charge in [-0.25, -0.2) is 17.2 Å². The molecule has 1 aliphatic heterocycles. The van der Waals surface area contributed by atoms with Crippen molar-refractivity contribution in [2.75, 3.05) is 25.4 Å². The Morgan fingerprint density at radius 3 is 2.67 bits per heavy atom. The molecule has 0 spiro atoms. The van der Waals surface area contributed by atoms with E-state index in [0.29, 0.717) is 13.0 Å². The smallest absolute Gasteiger partial charge is 0.214 e. The molecular formula is C11H13F2NO3S. The van der Waals surface area contributed by atoms with Gasteiger partial charge in [0.15, 0.2) is 11.6 Å². The fraction of sp³-hybridized carbons (Fsp3) is 0.455. The number of rotatable bonds is 4. The van der Waals surface area contributed by atoms with E-state index in [1.807, 2.05) is 0 Å². The Bertz CT molecular complexity index is 533. The van der Waals surface area contributed by atoms with Crippen molar-refractivity contribution in [2.45, 2.75) is 6.42 Å². The van der Waals surface area contributed by atoms with E-state index in [2.05, 4.69) is 0 Å². The predicted molar refractivity (Wildman–Crippen MR) is 61.8 cm³/mol. The van der Waals surface area contributed by atoms with Crippen LogP contribution >= 0.6 is 0 Å². The van der Waals surface area contributed by atoms with Crippen molar-refractivity contribution in [3.8, 4) is 5.75 Å². The minimum Gasteiger partial charge on any atom is -0.492 e. The lowest BCUT2D eigenvalue weighted by atomic mass is 10.3. The summed E-state index contributed by atoms with van der Waals surface area (Å²) in [4.78, 5) is 0. The van der Waals surface area contributed by atoms with Crippen LogP contribution in [0.4, 0.5) is 8.78 Å². The van der Waals surface area contributed by atoms with Gasteiger partial charge >= 0.3 is 0 Å². The van der Waals surface area contributed by atoms with Crippen molar-refractivity contribution >= 4 is 10.0 Å². The summed E-state index contributed by atoms with van der Waals surface area (Å²) < 4.78 is 55.0.